The Bertz CT molecular complexity index is 898. The number of nitrogens with zero attached hydrogens (tertiary/aromatic N) is 1. The van der Waals surface area contributed by atoms with Gasteiger partial charge in [0, 0.05) is 34.7 Å². The summed E-state index contributed by atoms with van der Waals surface area (Å²) in [7, 11) is -4.25. The van der Waals surface area contributed by atoms with Crippen molar-refractivity contribution in [3.05, 3.63) is 74.7 Å². The Morgan fingerprint density at radius 3 is 2.36 bits per heavy atom. The zero-order chi connectivity index (χ0) is 18.7. The molecule has 25 heavy (non-hydrogen) atoms. The summed E-state index contributed by atoms with van der Waals surface area (Å²) in [5, 5.41) is 11.6. The van der Waals surface area contributed by atoms with Crippen LogP contribution in [0.25, 0.3) is 0 Å². The average Bonchev–Trinajstić information content (AvgIpc) is 2.59. The first-order chi connectivity index (χ1) is 11.7. The van der Waals surface area contributed by atoms with Crippen LogP contribution in [-0.2, 0) is 9.84 Å². The van der Waals surface area contributed by atoms with Crippen LogP contribution in [-0.4, -0.2) is 24.0 Å². The quantitative estimate of drug-likeness (QED) is 0.381. The van der Waals surface area contributed by atoms with Gasteiger partial charge in [-0.05, 0) is 24.3 Å². The lowest BCUT2D eigenvalue weighted by Crippen LogP contribution is -2.43. The number of hydrogen-bond acceptors (Lipinski definition) is 5. The van der Waals surface area contributed by atoms with Crippen LogP contribution in [0.2, 0.25) is 0 Å². The maximum Gasteiger partial charge on any atom is 0.321 e. The van der Waals surface area contributed by atoms with E-state index in [1.165, 1.54) is 24.3 Å². The summed E-state index contributed by atoms with van der Waals surface area (Å²) >= 11 is 3.25. The predicted octanol–water partition coefficient (Wildman–Crippen LogP) is 3.88. The molecule has 0 bridgehead atoms. The Morgan fingerprint density at radius 1 is 1.16 bits per heavy atom. The lowest BCUT2D eigenvalue weighted by Gasteiger charge is -2.21. The molecule has 0 saturated carbocycles. The van der Waals surface area contributed by atoms with Gasteiger partial charge in [0.2, 0.25) is 9.84 Å². The van der Waals surface area contributed by atoms with Crippen LogP contribution in [0.15, 0.2) is 64.0 Å². The van der Waals surface area contributed by atoms with Crippen molar-refractivity contribution in [3.8, 4) is 0 Å². The molecule has 0 unspecified atom stereocenters. The van der Waals surface area contributed by atoms with Gasteiger partial charge in [0.1, 0.15) is 0 Å². The maximum absolute atomic E-state index is 12.7. The van der Waals surface area contributed by atoms with Gasteiger partial charge in [0.05, 0.1) is 4.90 Å². The Hall–Kier alpha value is -2.06. The number of nitro groups is 1. The van der Waals surface area contributed by atoms with Crippen molar-refractivity contribution in [2.45, 2.75) is 29.5 Å². The van der Waals surface area contributed by atoms with E-state index in [4.69, 9.17) is 0 Å². The van der Waals surface area contributed by atoms with Crippen LogP contribution < -0.4 is 0 Å². The number of ketones is 1. The molecule has 132 valence electrons. The SMILES string of the molecule is C[C@](CCC(=O)c1cccc(Br)c1)([N+](=O)[O-])S(=O)(=O)c1ccccc1. The van der Waals surface area contributed by atoms with Gasteiger partial charge in [0.25, 0.3) is 0 Å². The van der Waals surface area contributed by atoms with Crippen molar-refractivity contribution in [1.82, 2.24) is 0 Å². The lowest BCUT2D eigenvalue weighted by atomic mass is 10.0. The second kappa shape index (κ2) is 7.45. The Balaban J connectivity index is 2.29. The van der Waals surface area contributed by atoms with E-state index in [0.29, 0.717) is 10.0 Å². The highest BCUT2D eigenvalue weighted by atomic mass is 79.9. The van der Waals surface area contributed by atoms with Gasteiger partial charge >= 0.3 is 4.87 Å². The Labute approximate surface area is 154 Å². The third-order valence-corrected chi connectivity index (χ3v) is 6.88. The molecule has 0 radical (unpaired) electrons. The predicted molar refractivity (Wildman–Crippen MR) is 96.7 cm³/mol. The molecular formula is C17H16BrNO5S. The van der Waals surface area contributed by atoms with E-state index in [1.807, 2.05) is 0 Å². The van der Waals surface area contributed by atoms with Crippen LogP contribution in [0.3, 0.4) is 0 Å². The number of Topliss-reactive ketones (excluding diaryl/α,β-unsaturated/α-hetero) is 1. The molecular weight excluding hydrogens is 410 g/mol. The van der Waals surface area contributed by atoms with E-state index in [1.54, 1.807) is 30.3 Å². The fourth-order valence-corrected chi connectivity index (χ4v) is 4.32. The third kappa shape index (κ3) is 3.96. The summed E-state index contributed by atoms with van der Waals surface area (Å²) in [6, 6.07) is 13.8. The maximum atomic E-state index is 12.7. The Morgan fingerprint density at radius 2 is 1.80 bits per heavy atom. The fourth-order valence-electron chi connectivity index (χ4n) is 2.33. The van der Waals surface area contributed by atoms with Gasteiger partial charge in [-0.3, -0.25) is 14.9 Å². The van der Waals surface area contributed by atoms with Gasteiger partial charge in [0.15, 0.2) is 5.78 Å². The summed E-state index contributed by atoms with van der Waals surface area (Å²) in [6.45, 7) is 1.05. The van der Waals surface area contributed by atoms with Crippen LogP contribution >= 0.6 is 15.9 Å². The molecule has 0 spiro atoms. The molecule has 2 rings (SSSR count). The molecule has 0 aliphatic heterocycles. The highest BCUT2D eigenvalue weighted by Gasteiger charge is 2.51. The first-order valence-electron chi connectivity index (χ1n) is 7.41. The van der Waals surface area contributed by atoms with Crippen LogP contribution in [0, 0.1) is 10.1 Å². The second-order valence-corrected chi connectivity index (χ2v) is 8.96. The van der Waals surface area contributed by atoms with E-state index >= 15 is 0 Å². The monoisotopic (exact) mass is 425 g/mol. The molecule has 8 heteroatoms. The van der Waals surface area contributed by atoms with E-state index in [0.717, 1.165) is 6.92 Å². The second-order valence-electron chi connectivity index (χ2n) is 5.68. The van der Waals surface area contributed by atoms with Crippen molar-refractivity contribution in [1.29, 1.82) is 0 Å². The molecule has 0 saturated heterocycles. The highest BCUT2D eigenvalue weighted by Crippen LogP contribution is 2.31. The molecule has 0 fully saturated rings. The molecule has 1 atom stereocenters. The van der Waals surface area contributed by atoms with Crippen LogP contribution in [0.1, 0.15) is 30.1 Å². The summed E-state index contributed by atoms with van der Waals surface area (Å²) in [6.07, 6.45) is -0.664. The van der Waals surface area contributed by atoms with Gasteiger partial charge in [-0.2, -0.15) is 0 Å². The first kappa shape index (κ1) is 19.3. The summed E-state index contributed by atoms with van der Waals surface area (Å²) < 4.78 is 26.2. The standard InChI is InChI=1S/C17H16BrNO5S/c1-17(19(21)22,25(23,24)15-8-3-2-4-9-15)11-10-16(20)13-6-5-7-14(18)12-13/h2-9,12H,10-11H2,1H3/t17-/m0/s1. The number of sulfone groups is 1. The molecule has 6 nitrogen and oxygen atoms in total. The van der Waals surface area contributed by atoms with Crippen molar-refractivity contribution in [2.24, 2.45) is 0 Å². The Kier molecular flexibility index (Phi) is 5.74. The largest absolute Gasteiger partial charge is 0.321 e. The fraction of sp³-hybridized carbons (Fsp3) is 0.235. The van der Waals surface area contributed by atoms with E-state index < -0.39 is 26.1 Å². The van der Waals surface area contributed by atoms with Crippen molar-refractivity contribution in [3.63, 3.8) is 0 Å². The molecule has 2 aromatic carbocycles. The van der Waals surface area contributed by atoms with Crippen molar-refractivity contribution < 1.29 is 18.1 Å². The zero-order valence-corrected chi connectivity index (χ0v) is 15.8. The number of halogens is 1. The van der Waals surface area contributed by atoms with E-state index in [2.05, 4.69) is 15.9 Å². The number of carbonyl (C=O) groups excluding carboxylic acids is 1. The normalized spacial score (nSPS) is 13.8. The van der Waals surface area contributed by atoms with Crippen LogP contribution in [0.5, 0.6) is 0 Å². The molecule has 2 aromatic rings. The van der Waals surface area contributed by atoms with Gasteiger partial charge in [-0.1, -0.05) is 46.3 Å². The smallest absolute Gasteiger partial charge is 0.294 e. The van der Waals surface area contributed by atoms with E-state index in [9.17, 15) is 23.3 Å². The van der Waals surface area contributed by atoms with E-state index in [-0.39, 0.29) is 17.1 Å². The third-order valence-electron chi connectivity index (χ3n) is 3.98. The summed E-state index contributed by atoms with van der Waals surface area (Å²) in [4.78, 5) is 20.6. The number of benzene rings is 2. The molecule has 0 aromatic heterocycles. The van der Waals surface area contributed by atoms with Gasteiger partial charge in [-0.25, -0.2) is 8.42 Å². The molecule has 0 aliphatic carbocycles. The first-order valence-corrected chi connectivity index (χ1v) is 9.69. The van der Waals surface area contributed by atoms with Crippen LogP contribution in [0.4, 0.5) is 0 Å². The summed E-state index contributed by atoms with van der Waals surface area (Å²) in [5.41, 5.74) is 0.372. The highest BCUT2D eigenvalue weighted by molar-refractivity contribution is 9.10. The van der Waals surface area contributed by atoms with Gasteiger partial charge in [-0.15, -0.1) is 0 Å². The lowest BCUT2D eigenvalue weighted by molar-refractivity contribution is -0.536. The number of carbonyl (C=O) groups is 1. The molecule has 0 N–H and O–H groups in total. The zero-order valence-electron chi connectivity index (χ0n) is 13.4. The van der Waals surface area contributed by atoms with Crippen molar-refractivity contribution in [2.75, 3.05) is 0 Å². The number of hydrogen-bond donors (Lipinski definition) is 0. The minimum absolute atomic E-state index is 0.135. The molecule has 0 amide bonds. The summed E-state index contributed by atoms with van der Waals surface area (Å²) in [5.74, 6) is -0.349. The minimum atomic E-state index is -4.25. The molecule has 0 aliphatic rings. The number of rotatable bonds is 7. The topological polar surface area (TPSA) is 94.3 Å². The van der Waals surface area contributed by atoms with Crippen molar-refractivity contribution >= 4 is 31.6 Å². The molecule has 0 heterocycles. The van der Waals surface area contributed by atoms with Gasteiger partial charge < -0.3 is 0 Å². The minimum Gasteiger partial charge on any atom is -0.294 e. The average molecular weight is 426 g/mol.